The van der Waals surface area contributed by atoms with E-state index >= 15 is 0 Å². The van der Waals surface area contributed by atoms with E-state index in [1.807, 2.05) is 13.8 Å². The highest BCUT2D eigenvalue weighted by molar-refractivity contribution is 6.87. The van der Waals surface area contributed by atoms with Crippen molar-refractivity contribution < 1.29 is 8.85 Å². The number of hydrogen-bond acceptors (Lipinski definition) is 2. The fourth-order valence-electron chi connectivity index (χ4n) is 2.15. The van der Waals surface area contributed by atoms with E-state index in [9.17, 15) is 0 Å². The molecule has 0 atom stereocenters. The van der Waals surface area contributed by atoms with Gasteiger partial charge in [-0.15, -0.1) is 0 Å². The zero-order valence-electron chi connectivity index (χ0n) is 10.1. The molecule has 2 rings (SSSR count). The van der Waals surface area contributed by atoms with Crippen molar-refractivity contribution in [3.63, 3.8) is 0 Å². The van der Waals surface area contributed by atoms with Crippen LogP contribution in [0.3, 0.4) is 0 Å². The van der Waals surface area contributed by atoms with Gasteiger partial charge in [0.05, 0.1) is 0 Å². The second-order valence-corrected chi connectivity index (χ2v) is 6.96. The zero-order chi connectivity index (χ0) is 11.6. The first-order valence-corrected chi connectivity index (χ1v) is 8.12. The van der Waals surface area contributed by atoms with Crippen LogP contribution in [0.25, 0.3) is 11.3 Å². The van der Waals surface area contributed by atoms with Crippen LogP contribution in [0.1, 0.15) is 25.0 Å². The van der Waals surface area contributed by atoms with Gasteiger partial charge in [0.1, 0.15) is 0 Å². The molecule has 0 heterocycles. The molecule has 0 saturated carbocycles. The fourth-order valence-corrected chi connectivity index (χ4v) is 4.78. The van der Waals surface area contributed by atoms with Crippen molar-refractivity contribution in [2.45, 2.75) is 20.4 Å². The van der Waals surface area contributed by atoms with Gasteiger partial charge in [-0.25, -0.2) is 0 Å². The maximum absolute atomic E-state index is 5.88. The third-order valence-electron chi connectivity index (χ3n) is 2.88. The van der Waals surface area contributed by atoms with Crippen LogP contribution < -0.4 is 0 Å². The molecule has 1 aliphatic rings. The summed E-state index contributed by atoms with van der Waals surface area (Å²) in [5.74, 6) is 0. The zero-order valence-corrected chi connectivity index (χ0v) is 11.1. The highest BCUT2D eigenvalue weighted by Crippen LogP contribution is 2.39. The second-order valence-electron chi connectivity index (χ2n) is 3.96. The molecule has 1 aromatic carbocycles. The van der Waals surface area contributed by atoms with E-state index in [1.54, 1.807) is 0 Å². The molecular weight excluding hydrogens is 216 g/mol. The Morgan fingerprint density at radius 2 is 1.69 bits per heavy atom. The molecule has 2 nitrogen and oxygen atoms in total. The quantitative estimate of drug-likeness (QED) is 0.728. The first-order valence-electron chi connectivity index (χ1n) is 5.80. The molecule has 3 heteroatoms. The highest BCUT2D eigenvalue weighted by Gasteiger charge is 2.40. The summed E-state index contributed by atoms with van der Waals surface area (Å²) >= 11 is 0. The summed E-state index contributed by atoms with van der Waals surface area (Å²) in [6.45, 7) is 7.59. The average molecular weight is 234 g/mol. The van der Waals surface area contributed by atoms with E-state index in [0.29, 0.717) is 13.2 Å². The number of benzene rings is 1. The van der Waals surface area contributed by atoms with E-state index in [4.69, 9.17) is 8.85 Å². The minimum atomic E-state index is -2.16. The molecule has 0 unspecified atom stereocenters. The Hall–Kier alpha value is -0.903. The second kappa shape index (κ2) is 4.53. The maximum atomic E-state index is 5.88. The van der Waals surface area contributed by atoms with E-state index in [-0.39, 0.29) is 0 Å². The van der Waals surface area contributed by atoms with Crippen LogP contribution in [0.5, 0.6) is 0 Å². The van der Waals surface area contributed by atoms with Crippen LogP contribution in [-0.4, -0.2) is 21.8 Å². The third kappa shape index (κ3) is 1.86. The number of fused-ring (bicyclic) bond motifs is 1. The maximum Gasteiger partial charge on any atom is 0.369 e. The molecule has 1 aromatic rings. The lowest BCUT2D eigenvalue weighted by Crippen LogP contribution is -2.42. The van der Waals surface area contributed by atoms with Crippen LogP contribution >= 0.6 is 0 Å². The first-order chi connectivity index (χ1) is 7.71. The van der Waals surface area contributed by atoms with Gasteiger partial charge in [0.15, 0.2) is 0 Å². The third-order valence-corrected chi connectivity index (χ3v) is 5.95. The first kappa shape index (κ1) is 11.6. The normalized spacial score (nSPS) is 14.1. The summed E-state index contributed by atoms with van der Waals surface area (Å²) in [5.41, 5.74) is 2.61. The molecule has 86 valence electrons. The van der Waals surface area contributed by atoms with Crippen molar-refractivity contribution in [2.24, 2.45) is 0 Å². The lowest BCUT2D eigenvalue weighted by atomic mass is 9.98. The van der Waals surface area contributed by atoms with Crippen molar-refractivity contribution >= 4 is 19.8 Å². The molecule has 16 heavy (non-hydrogen) atoms. The molecule has 0 N–H and O–H groups in total. The largest absolute Gasteiger partial charge is 0.391 e. The van der Waals surface area contributed by atoms with Gasteiger partial charge < -0.3 is 8.85 Å². The van der Waals surface area contributed by atoms with E-state index in [1.165, 1.54) is 16.3 Å². The Balaban J connectivity index is 2.25. The molecule has 0 saturated heterocycles. The number of rotatable bonds is 5. The Bertz CT molecular complexity index is 406. The Labute approximate surface area is 98.1 Å². The van der Waals surface area contributed by atoms with E-state index in [2.05, 4.69) is 36.9 Å². The van der Waals surface area contributed by atoms with Crippen LogP contribution in [0, 0.1) is 0 Å². The van der Waals surface area contributed by atoms with Gasteiger partial charge in [0.25, 0.3) is 0 Å². The summed E-state index contributed by atoms with van der Waals surface area (Å²) in [4.78, 5) is 0. The highest BCUT2D eigenvalue weighted by atomic mass is 28.4. The molecule has 0 spiro atoms. The smallest absolute Gasteiger partial charge is 0.369 e. The van der Waals surface area contributed by atoms with Gasteiger partial charge in [0, 0.05) is 18.4 Å². The summed E-state index contributed by atoms with van der Waals surface area (Å²) < 4.78 is 11.8. The van der Waals surface area contributed by atoms with Crippen LogP contribution in [0.2, 0.25) is 6.55 Å². The Morgan fingerprint density at radius 3 is 2.25 bits per heavy atom. The van der Waals surface area contributed by atoms with Gasteiger partial charge in [-0.3, -0.25) is 0 Å². The molecule has 0 amide bonds. The predicted molar refractivity (Wildman–Crippen MR) is 69.2 cm³/mol. The van der Waals surface area contributed by atoms with Gasteiger partial charge in [0.2, 0.25) is 0 Å². The summed E-state index contributed by atoms with van der Waals surface area (Å²) in [6, 6.07) is 8.41. The van der Waals surface area contributed by atoms with Crippen molar-refractivity contribution in [2.75, 3.05) is 13.2 Å². The average Bonchev–Trinajstić information content (AvgIpc) is 2.20. The molecule has 0 fully saturated rings. The molecule has 0 aromatic heterocycles. The minimum Gasteiger partial charge on any atom is -0.391 e. The monoisotopic (exact) mass is 234 g/mol. The Kier molecular flexibility index (Phi) is 3.28. The fraction of sp³-hybridized carbons (Fsp3) is 0.385. The molecule has 1 aliphatic carbocycles. The van der Waals surface area contributed by atoms with E-state index < -0.39 is 8.56 Å². The standard InChI is InChI=1S/C13H18O2Si/c1-4-14-16(3,15-5-2)13-10-11-8-6-7-9-12(11)13/h6-10H,4-5H2,1-3H3. The summed E-state index contributed by atoms with van der Waals surface area (Å²) in [6.07, 6.45) is 2.20. The van der Waals surface area contributed by atoms with Crippen LogP contribution in [0.4, 0.5) is 0 Å². The number of hydrogen-bond donors (Lipinski definition) is 0. The predicted octanol–water partition coefficient (Wildman–Crippen LogP) is 3.22. The topological polar surface area (TPSA) is 18.5 Å². The van der Waals surface area contributed by atoms with Gasteiger partial charge in [-0.05, 0) is 37.6 Å². The van der Waals surface area contributed by atoms with Crippen molar-refractivity contribution in [3.8, 4) is 0 Å². The molecule has 0 aliphatic heterocycles. The van der Waals surface area contributed by atoms with Gasteiger partial charge in [-0.1, -0.05) is 24.3 Å². The van der Waals surface area contributed by atoms with E-state index in [0.717, 1.165) is 0 Å². The van der Waals surface area contributed by atoms with Gasteiger partial charge in [-0.2, -0.15) is 0 Å². The van der Waals surface area contributed by atoms with Crippen LogP contribution in [-0.2, 0) is 8.85 Å². The van der Waals surface area contributed by atoms with Crippen molar-refractivity contribution in [3.05, 3.63) is 35.4 Å². The summed E-state index contributed by atoms with van der Waals surface area (Å²) in [7, 11) is -2.16. The van der Waals surface area contributed by atoms with Gasteiger partial charge >= 0.3 is 8.56 Å². The molecule has 0 bridgehead atoms. The lowest BCUT2D eigenvalue weighted by molar-refractivity contribution is 0.203. The minimum absolute atomic E-state index is 0.711. The SMILES string of the molecule is CCO[Si](C)(OCC)C1=Cc2ccccc21. The molecular formula is C13H18O2Si. The summed E-state index contributed by atoms with van der Waals surface area (Å²) in [5, 5.41) is 1.28. The molecule has 0 radical (unpaired) electrons. The van der Waals surface area contributed by atoms with Crippen molar-refractivity contribution in [1.82, 2.24) is 0 Å². The van der Waals surface area contributed by atoms with Crippen LogP contribution in [0.15, 0.2) is 24.3 Å². The lowest BCUT2D eigenvalue weighted by Gasteiger charge is -2.33. The Morgan fingerprint density at radius 1 is 1.06 bits per heavy atom. The van der Waals surface area contributed by atoms with Crippen molar-refractivity contribution in [1.29, 1.82) is 0 Å².